The number of nitrogen functional groups attached to an aromatic ring is 2. The highest BCUT2D eigenvalue weighted by Gasteiger charge is 2.37. The van der Waals surface area contributed by atoms with Crippen LogP contribution in [0.2, 0.25) is 0 Å². The van der Waals surface area contributed by atoms with Crippen LogP contribution in [-0.2, 0) is 0 Å². The molecule has 1 aromatic rings. The molecule has 84 valence electrons. The SMILES string of the molecule is Cc1c(N)cc(C(C)C(F)(F)F)cc1N. The third kappa shape index (κ3) is 2.34. The van der Waals surface area contributed by atoms with Gasteiger partial charge in [-0.05, 0) is 37.1 Å². The van der Waals surface area contributed by atoms with Crippen molar-refractivity contribution < 1.29 is 13.2 Å². The van der Waals surface area contributed by atoms with Crippen molar-refractivity contribution in [3.8, 4) is 0 Å². The largest absolute Gasteiger partial charge is 0.398 e. The van der Waals surface area contributed by atoms with Crippen LogP contribution in [0.15, 0.2) is 12.1 Å². The van der Waals surface area contributed by atoms with Gasteiger partial charge in [0.05, 0.1) is 5.92 Å². The van der Waals surface area contributed by atoms with Gasteiger partial charge < -0.3 is 11.5 Å². The Labute approximate surface area is 86.1 Å². The Bertz CT molecular complexity index is 348. The second-order valence-electron chi connectivity index (χ2n) is 3.59. The predicted molar refractivity (Wildman–Crippen MR) is 54.5 cm³/mol. The number of anilines is 2. The number of hydrogen-bond acceptors (Lipinski definition) is 2. The minimum atomic E-state index is -4.27. The Morgan fingerprint density at radius 2 is 1.53 bits per heavy atom. The van der Waals surface area contributed by atoms with Gasteiger partial charge in [-0.25, -0.2) is 0 Å². The maximum atomic E-state index is 12.4. The third-order valence-corrected chi connectivity index (χ3v) is 2.50. The second kappa shape index (κ2) is 3.64. The molecule has 0 aliphatic heterocycles. The standard InChI is InChI=1S/C10H13F3N2/c1-5-8(14)3-7(4-9(5)15)6(2)10(11,12)13/h3-4,6H,14-15H2,1-2H3. The molecular weight excluding hydrogens is 205 g/mol. The minimum absolute atomic E-state index is 0.100. The van der Waals surface area contributed by atoms with E-state index in [0.29, 0.717) is 16.9 Å². The molecule has 1 aromatic carbocycles. The molecule has 0 aliphatic rings. The molecule has 0 bridgehead atoms. The third-order valence-electron chi connectivity index (χ3n) is 2.50. The summed E-state index contributed by atoms with van der Waals surface area (Å²) in [5.41, 5.74) is 12.4. The summed E-state index contributed by atoms with van der Waals surface area (Å²) in [6.45, 7) is 2.76. The average molecular weight is 218 g/mol. The lowest BCUT2D eigenvalue weighted by molar-refractivity contribution is -0.146. The minimum Gasteiger partial charge on any atom is -0.398 e. The van der Waals surface area contributed by atoms with Gasteiger partial charge >= 0.3 is 6.18 Å². The van der Waals surface area contributed by atoms with E-state index < -0.39 is 12.1 Å². The Balaban J connectivity index is 3.17. The first-order valence-corrected chi connectivity index (χ1v) is 4.45. The highest BCUT2D eigenvalue weighted by molar-refractivity contribution is 5.63. The maximum absolute atomic E-state index is 12.4. The van der Waals surface area contributed by atoms with Crippen LogP contribution < -0.4 is 11.5 Å². The lowest BCUT2D eigenvalue weighted by Crippen LogP contribution is -2.18. The molecule has 0 aromatic heterocycles. The molecule has 4 N–H and O–H groups in total. The smallest absolute Gasteiger partial charge is 0.395 e. The lowest BCUT2D eigenvalue weighted by Gasteiger charge is -2.17. The number of hydrogen-bond donors (Lipinski definition) is 2. The van der Waals surface area contributed by atoms with Crippen molar-refractivity contribution in [2.75, 3.05) is 11.5 Å². The molecule has 15 heavy (non-hydrogen) atoms. The molecule has 0 saturated heterocycles. The van der Waals surface area contributed by atoms with Crippen molar-refractivity contribution in [1.82, 2.24) is 0 Å². The lowest BCUT2D eigenvalue weighted by atomic mass is 9.97. The molecule has 0 amide bonds. The summed E-state index contributed by atoms with van der Waals surface area (Å²) in [6, 6.07) is 2.65. The van der Waals surface area contributed by atoms with Crippen molar-refractivity contribution in [3.05, 3.63) is 23.3 Å². The Hall–Kier alpha value is -1.39. The summed E-state index contributed by atoms with van der Waals surface area (Å²) in [5.74, 6) is -1.55. The number of alkyl halides is 3. The molecular formula is C10H13F3N2. The van der Waals surface area contributed by atoms with Crippen LogP contribution in [0.3, 0.4) is 0 Å². The van der Waals surface area contributed by atoms with E-state index in [1.54, 1.807) is 6.92 Å². The number of nitrogens with two attached hydrogens (primary N) is 2. The monoisotopic (exact) mass is 218 g/mol. The van der Waals surface area contributed by atoms with Gasteiger partial charge in [0.15, 0.2) is 0 Å². The van der Waals surface area contributed by atoms with Gasteiger partial charge in [0.25, 0.3) is 0 Å². The fourth-order valence-corrected chi connectivity index (χ4v) is 1.22. The Morgan fingerprint density at radius 3 is 1.87 bits per heavy atom. The van der Waals surface area contributed by atoms with Gasteiger partial charge in [-0.1, -0.05) is 0 Å². The van der Waals surface area contributed by atoms with Gasteiger partial charge in [-0.2, -0.15) is 13.2 Å². The topological polar surface area (TPSA) is 52.0 Å². The van der Waals surface area contributed by atoms with Crippen molar-refractivity contribution in [1.29, 1.82) is 0 Å². The van der Waals surface area contributed by atoms with Crippen LogP contribution >= 0.6 is 0 Å². The molecule has 0 fully saturated rings. The van der Waals surface area contributed by atoms with E-state index in [2.05, 4.69) is 0 Å². The van der Waals surface area contributed by atoms with E-state index in [0.717, 1.165) is 6.92 Å². The van der Waals surface area contributed by atoms with E-state index in [1.807, 2.05) is 0 Å². The summed E-state index contributed by atoms with van der Waals surface area (Å²) < 4.78 is 37.3. The molecule has 1 rings (SSSR count). The van der Waals surface area contributed by atoms with Crippen molar-refractivity contribution in [3.63, 3.8) is 0 Å². The molecule has 0 radical (unpaired) electrons. The summed E-state index contributed by atoms with van der Waals surface area (Å²) >= 11 is 0. The van der Waals surface area contributed by atoms with E-state index in [-0.39, 0.29) is 5.56 Å². The molecule has 1 unspecified atom stereocenters. The Kier molecular flexibility index (Phi) is 2.83. The van der Waals surface area contributed by atoms with Crippen molar-refractivity contribution in [2.45, 2.75) is 25.9 Å². The van der Waals surface area contributed by atoms with Gasteiger partial charge in [-0.15, -0.1) is 0 Å². The second-order valence-corrected chi connectivity index (χ2v) is 3.59. The number of halogens is 3. The quantitative estimate of drug-likeness (QED) is 0.712. The first kappa shape index (κ1) is 11.7. The predicted octanol–water partition coefficient (Wildman–Crippen LogP) is 2.83. The zero-order valence-corrected chi connectivity index (χ0v) is 8.52. The number of benzene rings is 1. The molecule has 2 nitrogen and oxygen atoms in total. The van der Waals surface area contributed by atoms with E-state index in [1.165, 1.54) is 12.1 Å². The van der Waals surface area contributed by atoms with Gasteiger partial charge in [0.1, 0.15) is 0 Å². The number of rotatable bonds is 1. The zero-order valence-electron chi connectivity index (χ0n) is 8.52. The highest BCUT2D eigenvalue weighted by atomic mass is 19.4. The van der Waals surface area contributed by atoms with Crippen LogP contribution in [-0.4, -0.2) is 6.18 Å². The summed E-state index contributed by atoms with van der Waals surface area (Å²) in [7, 11) is 0. The molecule has 0 spiro atoms. The van der Waals surface area contributed by atoms with Gasteiger partial charge in [-0.3, -0.25) is 0 Å². The van der Waals surface area contributed by atoms with Gasteiger partial charge in [0, 0.05) is 11.4 Å². The molecule has 0 saturated carbocycles. The first-order valence-electron chi connectivity index (χ1n) is 4.45. The highest BCUT2D eigenvalue weighted by Crippen LogP contribution is 2.36. The van der Waals surface area contributed by atoms with Crippen LogP contribution in [0.25, 0.3) is 0 Å². The summed E-state index contributed by atoms with van der Waals surface area (Å²) in [5, 5.41) is 0. The van der Waals surface area contributed by atoms with Crippen molar-refractivity contribution >= 4 is 11.4 Å². The molecule has 0 aliphatic carbocycles. The van der Waals surface area contributed by atoms with Crippen molar-refractivity contribution in [2.24, 2.45) is 0 Å². The molecule has 5 heteroatoms. The maximum Gasteiger partial charge on any atom is 0.395 e. The molecule has 0 heterocycles. The van der Waals surface area contributed by atoms with Crippen LogP contribution in [0.4, 0.5) is 24.5 Å². The van der Waals surface area contributed by atoms with Gasteiger partial charge in [0.2, 0.25) is 0 Å². The first-order chi connectivity index (χ1) is 6.73. The van der Waals surface area contributed by atoms with E-state index in [9.17, 15) is 13.2 Å². The normalized spacial score (nSPS) is 13.9. The van der Waals surface area contributed by atoms with E-state index >= 15 is 0 Å². The Morgan fingerprint density at radius 1 is 1.13 bits per heavy atom. The fraction of sp³-hybridized carbons (Fsp3) is 0.400. The fourth-order valence-electron chi connectivity index (χ4n) is 1.22. The van der Waals surface area contributed by atoms with Crippen LogP contribution in [0.5, 0.6) is 0 Å². The van der Waals surface area contributed by atoms with E-state index in [4.69, 9.17) is 11.5 Å². The summed E-state index contributed by atoms with van der Waals surface area (Å²) in [4.78, 5) is 0. The zero-order chi connectivity index (χ0) is 11.8. The van der Waals surface area contributed by atoms with Crippen LogP contribution in [0, 0.1) is 6.92 Å². The average Bonchev–Trinajstić information content (AvgIpc) is 2.10. The molecule has 1 atom stereocenters. The summed E-state index contributed by atoms with van der Waals surface area (Å²) in [6.07, 6.45) is -4.27. The van der Waals surface area contributed by atoms with Crippen LogP contribution in [0.1, 0.15) is 24.0 Å².